The first-order valence-electron chi connectivity index (χ1n) is 6.87. The second kappa shape index (κ2) is 6.58. The molecule has 1 aromatic carbocycles. The molecule has 1 N–H and O–H groups in total. The molecule has 0 bridgehead atoms. The van der Waals surface area contributed by atoms with E-state index in [2.05, 4.69) is 53.3 Å². The maximum atomic E-state index is 6.05. The van der Waals surface area contributed by atoms with Gasteiger partial charge in [-0.2, -0.15) is 0 Å². The Morgan fingerprint density at radius 3 is 2.94 bits per heavy atom. The van der Waals surface area contributed by atoms with Crippen LogP contribution in [0.25, 0.3) is 0 Å². The van der Waals surface area contributed by atoms with Gasteiger partial charge in [0.1, 0.15) is 11.9 Å². The lowest BCUT2D eigenvalue weighted by Crippen LogP contribution is -2.37. The Labute approximate surface area is 118 Å². The second-order valence-electron chi connectivity index (χ2n) is 5.09. The summed E-state index contributed by atoms with van der Waals surface area (Å²) in [7, 11) is 0. The van der Waals surface area contributed by atoms with Crippen molar-refractivity contribution >= 4 is 15.9 Å². The third-order valence-corrected chi connectivity index (χ3v) is 4.30. The maximum absolute atomic E-state index is 6.05. The Hall–Kier alpha value is -0.540. The van der Waals surface area contributed by atoms with Crippen molar-refractivity contribution in [1.82, 2.24) is 5.32 Å². The van der Waals surface area contributed by atoms with Gasteiger partial charge in [0, 0.05) is 6.54 Å². The minimum atomic E-state index is 0.310. The summed E-state index contributed by atoms with van der Waals surface area (Å²) in [5, 5.41) is 3.37. The van der Waals surface area contributed by atoms with Crippen LogP contribution < -0.4 is 10.1 Å². The molecular formula is C15H22BrNO. The highest BCUT2D eigenvalue weighted by molar-refractivity contribution is 9.10. The fourth-order valence-electron chi connectivity index (χ4n) is 2.25. The van der Waals surface area contributed by atoms with E-state index in [0.717, 1.165) is 29.7 Å². The normalized spacial score (nSPS) is 21.6. The highest BCUT2D eigenvalue weighted by Crippen LogP contribution is 2.31. The van der Waals surface area contributed by atoms with Crippen molar-refractivity contribution in [2.45, 2.75) is 45.1 Å². The number of hydrogen-bond acceptors (Lipinski definition) is 2. The quantitative estimate of drug-likeness (QED) is 0.904. The highest BCUT2D eigenvalue weighted by Gasteiger charge is 2.16. The molecule has 0 aliphatic carbocycles. The summed E-state index contributed by atoms with van der Waals surface area (Å²) in [5.74, 6) is 1.57. The zero-order valence-corrected chi connectivity index (χ0v) is 12.8. The van der Waals surface area contributed by atoms with E-state index >= 15 is 0 Å². The van der Waals surface area contributed by atoms with Gasteiger partial charge in [0.15, 0.2) is 0 Å². The molecule has 1 aliphatic heterocycles. The minimum absolute atomic E-state index is 0.310. The van der Waals surface area contributed by atoms with Crippen LogP contribution in [0.1, 0.15) is 44.6 Å². The Bertz CT molecular complexity index is 388. The van der Waals surface area contributed by atoms with Gasteiger partial charge in [-0.05, 0) is 65.4 Å². The maximum Gasteiger partial charge on any atom is 0.133 e. The molecule has 18 heavy (non-hydrogen) atoms. The van der Waals surface area contributed by atoms with Crippen molar-refractivity contribution in [2.75, 3.05) is 13.1 Å². The van der Waals surface area contributed by atoms with Crippen LogP contribution in [0.5, 0.6) is 5.75 Å². The molecular weight excluding hydrogens is 290 g/mol. The summed E-state index contributed by atoms with van der Waals surface area (Å²) in [6, 6.07) is 6.48. The van der Waals surface area contributed by atoms with Gasteiger partial charge in [0.05, 0.1) is 4.47 Å². The number of rotatable bonds is 4. The number of hydrogen-bond donors (Lipinski definition) is 1. The lowest BCUT2D eigenvalue weighted by Gasteiger charge is -2.24. The van der Waals surface area contributed by atoms with E-state index in [4.69, 9.17) is 4.74 Å². The SMILES string of the molecule is CC[C@@H](C)c1ccc(O[C@@H]2CCCNC2)c(Br)c1. The van der Waals surface area contributed by atoms with Crippen LogP contribution in [0.15, 0.2) is 22.7 Å². The number of nitrogens with one attached hydrogen (secondary N) is 1. The van der Waals surface area contributed by atoms with E-state index in [-0.39, 0.29) is 0 Å². The first-order valence-corrected chi connectivity index (χ1v) is 7.66. The van der Waals surface area contributed by atoms with E-state index in [1.54, 1.807) is 0 Å². The summed E-state index contributed by atoms with van der Waals surface area (Å²) in [6.07, 6.45) is 3.82. The van der Waals surface area contributed by atoms with E-state index in [1.807, 2.05) is 0 Å². The predicted molar refractivity (Wildman–Crippen MR) is 79.4 cm³/mol. The zero-order chi connectivity index (χ0) is 13.0. The van der Waals surface area contributed by atoms with Gasteiger partial charge >= 0.3 is 0 Å². The van der Waals surface area contributed by atoms with Crippen molar-refractivity contribution in [2.24, 2.45) is 0 Å². The van der Waals surface area contributed by atoms with Crippen LogP contribution in [0.3, 0.4) is 0 Å². The minimum Gasteiger partial charge on any atom is -0.488 e. The van der Waals surface area contributed by atoms with Crippen molar-refractivity contribution in [1.29, 1.82) is 0 Å². The van der Waals surface area contributed by atoms with Gasteiger partial charge in [0.2, 0.25) is 0 Å². The first-order chi connectivity index (χ1) is 8.70. The van der Waals surface area contributed by atoms with Gasteiger partial charge < -0.3 is 10.1 Å². The van der Waals surface area contributed by atoms with Crippen LogP contribution in [0.2, 0.25) is 0 Å². The topological polar surface area (TPSA) is 21.3 Å². The fraction of sp³-hybridized carbons (Fsp3) is 0.600. The zero-order valence-electron chi connectivity index (χ0n) is 11.2. The van der Waals surface area contributed by atoms with Crippen LogP contribution >= 0.6 is 15.9 Å². The van der Waals surface area contributed by atoms with E-state index < -0.39 is 0 Å². The third kappa shape index (κ3) is 3.48. The summed E-state index contributed by atoms with van der Waals surface area (Å²) >= 11 is 3.63. The Morgan fingerprint density at radius 1 is 1.50 bits per heavy atom. The number of halogens is 1. The lowest BCUT2D eigenvalue weighted by molar-refractivity contribution is 0.166. The van der Waals surface area contributed by atoms with Crippen LogP contribution in [-0.4, -0.2) is 19.2 Å². The number of benzene rings is 1. The Kier molecular flexibility index (Phi) is 5.07. The highest BCUT2D eigenvalue weighted by atomic mass is 79.9. The monoisotopic (exact) mass is 311 g/mol. The largest absolute Gasteiger partial charge is 0.488 e. The summed E-state index contributed by atoms with van der Waals surface area (Å²) in [4.78, 5) is 0. The molecule has 2 nitrogen and oxygen atoms in total. The molecule has 1 heterocycles. The van der Waals surface area contributed by atoms with Crippen molar-refractivity contribution in [3.05, 3.63) is 28.2 Å². The smallest absolute Gasteiger partial charge is 0.133 e. The molecule has 2 rings (SSSR count). The molecule has 1 saturated heterocycles. The van der Waals surface area contributed by atoms with Gasteiger partial charge in [-0.15, -0.1) is 0 Å². The van der Waals surface area contributed by atoms with Crippen molar-refractivity contribution in [3.63, 3.8) is 0 Å². The van der Waals surface area contributed by atoms with E-state index in [1.165, 1.54) is 18.4 Å². The Morgan fingerprint density at radius 2 is 2.33 bits per heavy atom. The molecule has 0 saturated carbocycles. The number of piperidine rings is 1. The molecule has 1 fully saturated rings. The summed E-state index contributed by atoms with van der Waals surface area (Å²) < 4.78 is 7.12. The van der Waals surface area contributed by atoms with E-state index in [0.29, 0.717) is 12.0 Å². The molecule has 0 unspecified atom stereocenters. The third-order valence-electron chi connectivity index (χ3n) is 3.68. The standard InChI is InChI=1S/C15H22BrNO/c1-3-11(2)12-6-7-15(14(16)9-12)18-13-5-4-8-17-10-13/h6-7,9,11,13,17H,3-5,8,10H2,1-2H3/t11-,13-/m1/s1. The summed E-state index contributed by atoms with van der Waals surface area (Å²) in [6.45, 7) is 6.55. The molecule has 2 atom stereocenters. The van der Waals surface area contributed by atoms with Crippen LogP contribution in [-0.2, 0) is 0 Å². The van der Waals surface area contributed by atoms with Gasteiger partial charge in [-0.3, -0.25) is 0 Å². The molecule has 1 aliphatic rings. The fourth-order valence-corrected chi connectivity index (χ4v) is 2.74. The van der Waals surface area contributed by atoms with Crippen molar-refractivity contribution < 1.29 is 4.74 Å². The predicted octanol–water partition coefficient (Wildman–Crippen LogP) is 4.09. The average molecular weight is 312 g/mol. The van der Waals surface area contributed by atoms with Crippen LogP contribution in [0, 0.1) is 0 Å². The molecule has 100 valence electrons. The molecule has 0 aromatic heterocycles. The Balaban J connectivity index is 2.04. The molecule has 0 spiro atoms. The number of ether oxygens (including phenoxy) is 1. The van der Waals surface area contributed by atoms with Gasteiger partial charge in [-0.25, -0.2) is 0 Å². The molecule has 0 radical (unpaired) electrons. The van der Waals surface area contributed by atoms with Crippen molar-refractivity contribution in [3.8, 4) is 5.75 Å². The van der Waals surface area contributed by atoms with Gasteiger partial charge in [0.25, 0.3) is 0 Å². The molecule has 3 heteroatoms. The van der Waals surface area contributed by atoms with Gasteiger partial charge in [-0.1, -0.05) is 19.9 Å². The second-order valence-corrected chi connectivity index (χ2v) is 5.94. The summed E-state index contributed by atoms with van der Waals surface area (Å²) in [5.41, 5.74) is 1.37. The molecule has 1 aromatic rings. The first kappa shape index (κ1) is 13.9. The van der Waals surface area contributed by atoms with Crippen LogP contribution in [0.4, 0.5) is 0 Å². The lowest BCUT2D eigenvalue weighted by atomic mass is 9.99. The van der Waals surface area contributed by atoms with E-state index in [9.17, 15) is 0 Å². The molecule has 0 amide bonds. The average Bonchev–Trinajstić information content (AvgIpc) is 2.41.